The van der Waals surface area contributed by atoms with E-state index in [2.05, 4.69) is 29.6 Å². The standard InChI is InChI=1S/C13H14N2S/c1-2-4-12-11(3-1)15-13(16-12)9-7-8-5-6-10(9)14-8/h1-4,8-10,14H,5-7H2. The number of hydrogen-bond acceptors (Lipinski definition) is 3. The topological polar surface area (TPSA) is 24.9 Å². The van der Waals surface area contributed by atoms with Gasteiger partial charge >= 0.3 is 0 Å². The smallest absolute Gasteiger partial charge is 0.0985 e. The molecule has 2 aliphatic rings. The number of benzene rings is 1. The van der Waals surface area contributed by atoms with E-state index in [1.807, 2.05) is 11.3 Å². The summed E-state index contributed by atoms with van der Waals surface area (Å²) < 4.78 is 1.33. The highest BCUT2D eigenvalue weighted by Crippen LogP contribution is 2.42. The predicted molar refractivity (Wildman–Crippen MR) is 66.9 cm³/mol. The molecule has 2 aliphatic heterocycles. The Morgan fingerprint density at radius 1 is 1.25 bits per heavy atom. The molecule has 0 aliphatic carbocycles. The zero-order valence-electron chi connectivity index (χ0n) is 9.02. The van der Waals surface area contributed by atoms with Gasteiger partial charge in [-0.15, -0.1) is 11.3 Å². The Morgan fingerprint density at radius 3 is 2.94 bits per heavy atom. The van der Waals surface area contributed by atoms with E-state index in [0.717, 1.165) is 6.04 Å². The van der Waals surface area contributed by atoms with Crippen LogP contribution in [0, 0.1) is 0 Å². The third-order valence-electron chi connectivity index (χ3n) is 3.93. The van der Waals surface area contributed by atoms with Crippen LogP contribution in [0.2, 0.25) is 0 Å². The summed E-state index contributed by atoms with van der Waals surface area (Å²) in [6, 6.07) is 9.94. The molecule has 4 rings (SSSR count). The molecule has 2 nitrogen and oxygen atoms in total. The van der Waals surface area contributed by atoms with Gasteiger partial charge in [-0.05, 0) is 31.4 Å². The second kappa shape index (κ2) is 3.28. The van der Waals surface area contributed by atoms with E-state index >= 15 is 0 Å². The van der Waals surface area contributed by atoms with Crippen molar-refractivity contribution in [3.63, 3.8) is 0 Å². The van der Waals surface area contributed by atoms with Crippen molar-refractivity contribution in [3.8, 4) is 0 Å². The Morgan fingerprint density at radius 2 is 2.19 bits per heavy atom. The first-order chi connectivity index (χ1) is 7.90. The van der Waals surface area contributed by atoms with E-state index in [4.69, 9.17) is 4.98 Å². The van der Waals surface area contributed by atoms with Crippen molar-refractivity contribution in [1.29, 1.82) is 0 Å². The molecule has 0 spiro atoms. The Bertz CT molecular complexity index is 500. The van der Waals surface area contributed by atoms with Gasteiger partial charge in [0.25, 0.3) is 0 Å². The number of hydrogen-bond donors (Lipinski definition) is 1. The van der Waals surface area contributed by atoms with Gasteiger partial charge in [0.2, 0.25) is 0 Å². The molecular formula is C13H14N2S. The molecule has 2 saturated heterocycles. The van der Waals surface area contributed by atoms with Crippen LogP contribution in [-0.4, -0.2) is 17.1 Å². The lowest BCUT2D eigenvalue weighted by Crippen LogP contribution is -2.21. The van der Waals surface area contributed by atoms with Crippen LogP contribution in [0.15, 0.2) is 24.3 Å². The van der Waals surface area contributed by atoms with Crippen LogP contribution in [0.5, 0.6) is 0 Å². The molecule has 1 N–H and O–H groups in total. The summed E-state index contributed by atoms with van der Waals surface area (Å²) in [5.74, 6) is 0.677. The third-order valence-corrected chi connectivity index (χ3v) is 5.10. The van der Waals surface area contributed by atoms with Crippen LogP contribution in [0.1, 0.15) is 30.2 Å². The van der Waals surface area contributed by atoms with Crippen LogP contribution >= 0.6 is 11.3 Å². The van der Waals surface area contributed by atoms with Crippen LogP contribution < -0.4 is 5.32 Å². The number of rotatable bonds is 1. The molecule has 2 bridgehead atoms. The molecular weight excluding hydrogens is 216 g/mol. The average Bonchev–Trinajstić information content (AvgIpc) is 3.02. The molecule has 1 aromatic heterocycles. The zero-order valence-corrected chi connectivity index (χ0v) is 9.83. The summed E-state index contributed by atoms with van der Waals surface area (Å²) in [5.41, 5.74) is 1.17. The predicted octanol–water partition coefficient (Wildman–Crippen LogP) is 2.90. The zero-order chi connectivity index (χ0) is 10.5. The SMILES string of the molecule is c1ccc2sc(C3CC4CCC3N4)nc2c1. The largest absolute Gasteiger partial charge is 0.311 e. The molecule has 16 heavy (non-hydrogen) atoms. The van der Waals surface area contributed by atoms with Crippen LogP contribution in [0.3, 0.4) is 0 Å². The van der Waals surface area contributed by atoms with Crippen molar-refractivity contribution in [2.24, 2.45) is 0 Å². The average molecular weight is 230 g/mol. The monoisotopic (exact) mass is 230 g/mol. The minimum absolute atomic E-state index is 0.677. The van der Waals surface area contributed by atoms with Crippen molar-refractivity contribution in [3.05, 3.63) is 29.3 Å². The second-order valence-corrected chi connectivity index (χ2v) is 5.97. The number of thiazole rings is 1. The fraction of sp³-hybridized carbons (Fsp3) is 0.462. The van der Waals surface area contributed by atoms with E-state index in [-0.39, 0.29) is 0 Å². The maximum absolute atomic E-state index is 4.79. The lowest BCUT2D eigenvalue weighted by Gasteiger charge is -2.16. The first-order valence-corrected chi connectivity index (χ1v) is 6.83. The van der Waals surface area contributed by atoms with Gasteiger partial charge in [-0.1, -0.05) is 12.1 Å². The van der Waals surface area contributed by atoms with E-state index < -0.39 is 0 Å². The second-order valence-electron chi connectivity index (χ2n) is 4.91. The lowest BCUT2D eigenvalue weighted by molar-refractivity contribution is 0.505. The highest BCUT2D eigenvalue weighted by molar-refractivity contribution is 7.18. The molecule has 3 heterocycles. The maximum atomic E-state index is 4.79. The Balaban J connectivity index is 1.76. The summed E-state index contributed by atoms with van der Waals surface area (Å²) >= 11 is 1.88. The van der Waals surface area contributed by atoms with Gasteiger partial charge in [-0.3, -0.25) is 0 Å². The minimum atomic E-state index is 0.677. The molecule has 2 aromatic rings. The lowest BCUT2D eigenvalue weighted by atomic mass is 9.90. The molecule has 3 heteroatoms. The molecule has 82 valence electrons. The number of para-hydroxylation sites is 1. The van der Waals surface area contributed by atoms with Gasteiger partial charge in [0.1, 0.15) is 0 Å². The summed E-state index contributed by atoms with van der Waals surface area (Å²) in [7, 11) is 0. The number of fused-ring (bicyclic) bond motifs is 3. The Labute approximate surface area is 98.7 Å². The van der Waals surface area contributed by atoms with Gasteiger partial charge < -0.3 is 5.32 Å². The summed E-state index contributed by atoms with van der Waals surface area (Å²) in [4.78, 5) is 4.79. The van der Waals surface area contributed by atoms with Crippen molar-refractivity contribution in [2.75, 3.05) is 0 Å². The first kappa shape index (κ1) is 9.14. The molecule has 3 atom stereocenters. The van der Waals surface area contributed by atoms with Crippen LogP contribution in [-0.2, 0) is 0 Å². The fourth-order valence-electron chi connectivity index (χ4n) is 3.15. The van der Waals surface area contributed by atoms with E-state index in [1.54, 1.807) is 0 Å². The van der Waals surface area contributed by atoms with Gasteiger partial charge in [0, 0.05) is 18.0 Å². The van der Waals surface area contributed by atoms with Gasteiger partial charge in [0.05, 0.1) is 15.2 Å². The molecule has 1 aromatic carbocycles. The van der Waals surface area contributed by atoms with Crippen molar-refractivity contribution in [2.45, 2.75) is 37.3 Å². The fourth-order valence-corrected chi connectivity index (χ4v) is 4.29. The third kappa shape index (κ3) is 1.25. The van der Waals surface area contributed by atoms with Gasteiger partial charge in [-0.25, -0.2) is 4.98 Å². The molecule has 0 radical (unpaired) electrons. The molecule has 2 fully saturated rings. The minimum Gasteiger partial charge on any atom is -0.311 e. The normalized spacial score (nSPS) is 32.6. The van der Waals surface area contributed by atoms with Crippen molar-refractivity contribution in [1.82, 2.24) is 10.3 Å². The summed E-state index contributed by atoms with van der Waals surface area (Å²) in [5, 5.41) is 5.04. The van der Waals surface area contributed by atoms with Crippen molar-refractivity contribution < 1.29 is 0 Å². The van der Waals surface area contributed by atoms with Crippen LogP contribution in [0.25, 0.3) is 10.2 Å². The van der Waals surface area contributed by atoms with Crippen LogP contribution in [0.4, 0.5) is 0 Å². The van der Waals surface area contributed by atoms with Crippen molar-refractivity contribution >= 4 is 21.6 Å². The highest BCUT2D eigenvalue weighted by Gasteiger charge is 2.41. The maximum Gasteiger partial charge on any atom is 0.0985 e. The van der Waals surface area contributed by atoms with E-state index in [1.165, 1.54) is 34.5 Å². The number of aromatic nitrogens is 1. The Hall–Kier alpha value is -0.930. The van der Waals surface area contributed by atoms with E-state index in [0.29, 0.717) is 12.0 Å². The number of nitrogens with one attached hydrogen (secondary N) is 1. The van der Waals surface area contributed by atoms with Gasteiger partial charge in [-0.2, -0.15) is 0 Å². The summed E-state index contributed by atoms with van der Waals surface area (Å²) in [6.07, 6.45) is 4.00. The molecule has 0 saturated carbocycles. The first-order valence-electron chi connectivity index (χ1n) is 6.02. The molecule has 3 unspecified atom stereocenters. The Kier molecular flexibility index (Phi) is 1.87. The number of nitrogens with zero attached hydrogens (tertiary/aromatic N) is 1. The summed E-state index contributed by atoms with van der Waals surface area (Å²) in [6.45, 7) is 0. The highest BCUT2D eigenvalue weighted by atomic mass is 32.1. The van der Waals surface area contributed by atoms with Gasteiger partial charge in [0.15, 0.2) is 0 Å². The quantitative estimate of drug-likeness (QED) is 0.814. The molecule has 0 amide bonds. The van der Waals surface area contributed by atoms with E-state index in [9.17, 15) is 0 Å².